The van der Waals surface area contributed by atoms with Gasteiger partial charge < -0.3 is 10.1 Å². The second-order valence-corrected chi connectivity index (χ2v) is 5.84. The van der Waals surface area contributed by atoms with Gasteiger partial charge in [0.15, 0.2) is 11.9 Å². The minimum Gasteiger partial charge on any atom is -0.480 e. The zero-order valence-electron chi connectivity index (χ0n) is 13.2. The molecule has 0 saturated carbocycles. The van der Waals surface area contributed by atoms with Crippen molar-refractivity contribution in [3.63, 3.8) is 0 Å². The molecule has 24 heavy (non-hydrogen) atoms. The largest absolute Gasteiger partial charge is 0.480 e. The second-order valence-electron chi connectivity index (χ2n) is 5.84. The standard InChI is InChI=1S/C19H17N3O2/c1-13-15-9-5-6-10-16(15)24-18(13)19(23)20-17-11-12-22(21-17)14-7-3-2-4-8-14/h2-13,18H,1H3,(H,20,21,23)/t13-,18+/m0/s1. The molecule has 0 spiro atoms. The predicted molar refractivity (Wildman–Crippen MR) is 91.5 cm³/mol. The van der Waals surface area contributed by atoms with Crippen molar-refractivity contribution in [2.75, 3.05) is 5.32 Å². The number of anilines is 1. The van der Waals surface area contributed by atoms with E-state index in [2.05, 4.69) is 10.4 Å². The molecule has 5 nitrogen and oxygen atoms in total. The molecule has 3 aromatic rings. The number of fused-ring (bicyclic) bond motifs is 1. The van der Waals surface area contributed by atoms with E-state index in [-0.39, 0.29) is 11.8 Å². The fraction of sp³-hybridized carbons (Fsp3) is 0.158. The van der Waals surface area contributed by atoms with Crippen LogP contribution in [0.3, 0.4) is 0 Å². The Balaban J connectivity index is 1.49. The molecule has 1 N–H and O–H groups in total. The monoisotopic (exact) mass is 319 g/mol. The van der Waals surface area contributed by atoms with Crippen molar-refractivity contribution in [2.24, 2.45) is 0 Å². The van der Waals surface area contributed by atoms with E-state index in [1.54, 1.807) is 10.7 Å². The summed E-state index contributed by atoms with van der Waals surface area (Å²) in [5, 5.41) is 7.24. The normalized spacial score (nSPS) is 18.7. The van der Waals surface area contributed by atoms with E-state index < -0.39 is 6.10 Å². The summed E-state index contributed by atoms with van der Waals surface area (Å²) in [5.41, 5.74) is 2.00. The van der Waals surface area contributed by atoms with Gasteiger partial charge in [-0.2, -0.15) is 5.10 Å². The molecule has 1 aromatic heterocycles. The Morgan fingerprint density at radius 1 is 1.08 bits per heavy atom. The van der Waals surface area contributed by atoms with Crippen molar-refractivity contribution in [1.29, 1.82) is 0 Å². The van der Waals surface area contributed by atoms with Gasteiger partial charge in [0.1, 0.15) is 5.75 Å². The summed E-state index contributed by atoms with van der Waals surface area (Å²) in [6, 6.07) is 19.3. The number of para-hydroxylation sites is 2. The molecular weight excluding hydrogens is 302 g/mol. The molecule has 0 fully saturated rings. The third kappa shape index (κ3) is 2.54. The molecule has 2 aromatic carbocycles. The van der Waals surface area contributed by atoms with E-state index in [1.807, 2.05) is 67.7 Å². The van der Waals surface area contributed by atoms with Crippen LogP contribution >= 0.6 is 0 Å². The SMILES string of the molecule is C[C@H]1c2ccccc2O[C@H]1C(=O)Nc1ccn(-c2ccccc2)n1. The Morgan fingerprint density at radius 3 is 2.62 bits per heavy atom. The molecule has 4 rings (SSSR count). The van der Waals surface area contributed by atoms with E-state index >= 15 is 0 Å². The van der Waals surface area contributed by atoms with Crippen molar-refractivity contribution < 1.29 is 9.53 Å². The van der Waals surface area contributed by atoms with Gasteiger partial charge in [0.05, 0.1) is 5.69 Å². The van der Waals surface area contributed by atoms with Gasteiger partial charge in [0.25, 0.3) is 5.91 Å². The quantitative estimate of drug-likeness (QED) is 0.805. The number of hydrogen-bond acceptors (Lipinski definition) is 3. The van der Waals surface area contributed by atoms with Gasteiger partial charge in [-0.3, -0.25) is 4.79 Å². The second kappa shape index (κ2) is 5.85. The minimum atomic E-state index is -0.538. The van der Waals surface area contributed by atoms with Gasteiger partial charge in [-0.05, 0) is 18.2 Å². The van der Waals surface area contributed by atoms with Gasteiger partial charge in [-0.15, -0.1) is 0 Å². The van der Waals surface area contributed by atoms with Crippen LogP contribution in [-0.2, 0) is 4.79 Å². The zero-order chi connectivity index (χ0) is 16.5. The van der Waals surface area contributed by atoms with Crippen molar-refractivity contribution in [3.05, 3.63) is 72.4 Å². The summed E-state index contributed by atoms with van der Waals surface area (Å²) in [6.07, 6.45) is 1.28. The first kappa shape index (κ1) is 14.5. The molecule has 5 heteroatoms. The number of nitrogens with zero attached hydrogens (tertiary/aromatic N) is 2. The lowest BCUT2D eigenvalue weighted by Gasteiger charge is -2.14. The highest BCUT2D eigenvalue weighted by Crippen LogP contribution is 2.37. The topological polar surface area (TPSA) is 56.1 Å². The summed E-state index contributed by atoms with van der Waals surface area (Å²) in [4.78, 5) is 12.6. The fourth-order valence-corrected chi connectivity index (χ4v) is 2.96. The zero-order valence-corrected chi connectivity index (χ0v) is 13.2. The average Bonchev–Trinajstić information content (AvgIpc) is 3.21. The van der Waals surface area contributed by atoms with Crippen LogP contribution < -0.4 is 10.1 Å². The molecule has 2 atom stereocenters. The lowest BCUT2D eigenvalue weighted by Crippen LogP contribution is -2.33. The van der Waals surface area contributed by atoms with E-state index in [9.17, 15) is 4.79 Å². The lowest BCUT2D eigenvalue weighted by atomic mass is 9.97. The van der Waals surface area contributed by atoms with Crippen molar-refractivity contribution in [1.82, 2.24) is 9.78 Å². The highest BCUT2D eigenvalue weighted by atomic mass is 16.5. The number of benzene rings is 2. The Morgan fingerprint density at radius 2 is 1.83 bits per heavy atom. The maximum absolute atomic E-state index is 12.6. The smallest absolute Gasteiger partial charge is 0.267 e. The predicted octanol–water partition coefficient (Wildman–Crippen LogP) is 3.38. The minimum absolute atomic E-state index is 0.0115. The number of ether oxygens (including phenoxy) is 1. The summed E-state index contributed by atoms with van der Waals surface area (Å²) in [5.74, 6) is 1.12. The van der Waals surface area contributed by atoms with E-state index in [0.29, 0.717) is 5.82 Å². The van der Waals surface area contributed by atoms with Crippen LogP contribution in [0.2, 0.25) is 0 Å². The van der Waals surface area contributed by atoms with Crippen LogP contribution in [0.25, 0.3) is 5.69 Å². The Labute approximate surface area is 139 Å². The molecule has 1 aliphatic rings. The highest BCUT2D eigenvalue weighted by molar-refractivity contribution is 5.95. The van der Waals surface area contributed by atoms with E-state index in [4.69, 9.17) is 4.74 Å². The summed E-state index contributed by atoms with van der Waals surface area (Å²) >= 11 is 0. The molecule has 1 aliphatic heterocycles. The number of rotatable bonds is 3. The molecule has 0 radical (unpaired) electrons. The number of nitrogens with one attached hydrogen (secondary N) is 1. The number of carbonyl (C=O) groups is 1. The molecular formula is C19H17N3O2. The number of aromatic nitrogens is 2. The average molecular weight is 319 g/mol. The van der Waals surface area contributed by atoms with Gasteiger partial charge in [-0.25, -0.2) is 4.68 Å². The van der Waals surface area contributed by atoms with Crippen LogP contribution in [0.1, 0.15) is 18.4 Å². The molecule has 0 unspecified atom stereocenters. The number of amides is 1. The van der Waals surface area contributed by atoms with Gasteiger partial charge >= 0.3 is 0 Å². The first-order valence-corrected chi connectivity index (χ1v) is 7.90. The number of carbonyl (C=O) groups excluding carboxylic acids is 1. The highest BCUT2D eigenvalue weighted by Gasteiger charge is 2.36. The van der Waals surface area contributed by atoms with Crippen LogP contribution in [0, 0.1) is 0 Å². The van der Waals surface area contributed by atoms with E-state index in [1.165, 1.54) is 0 Å². The summed E-state index contributed by atoms with van der Waals surface area (Å²) in [6.45, 7) is 2.00. The van der Waals surface area contributed by atoms with Crippen molar-refractivity contribution in [2.45, 2.75) is 18.9 Å². The summed E-state index contributed by atoms with van der Waals surface area (Å²) < 4.78 is 7.52. The van der Waals surface area contributed by atoms with Crippen LogP contribution in [0.4, 0.5) is 5.82 Å². The maximum Gasteiger partial charge on any atom is 0.267 e. The fourth-order valence-electron chi connectivity index (χ4n) is 2.96. The third-order valence-corrected chi connectivity index (χ3v) is 4.24. The molecule has 1 amide bonds. The van der Waals surface area contributed by atoms with Crippen LogP contribution in [0.15, 0.2) is 66.9 Å². The molecule has 0 saturated heterocycles. The lowest BCUT2D eigenvalue weighted by molar-refractivity contribution is -0.122. The first-order valence-electron chi connectivity index (χ1n) is 7.90. The Hall–Kier alpha value is -3.08. The van der Waals surface area contributed by atoms with Crippen molar-refractivity contribution >= 4 is 11.7 Å². The van der Waals surface area contributed by atoms with Crippen LogP contribution in [0.5, 0.6) is 5.75 Å². The number of hydrogen-bond donors (Lipinski definition) is 1. The van der Waals surface area contributed by atoms with Crippen molar-refractivity contribution in [3.8, 4) is 11.4 Å². The molecule has 120 valence electrons. The first-order chi connectivity index (χ1) is 11.7. The van der Waals surface area contributed by atoms with E-state index in [0.717, 1.165) is 17.0 Å². The van der Waals surface area contributed by atoms with Gasteiger partial charge in [-0.1, -0.05) is 43.3 Å². The molecule has 0 aliphatic carbocycles. The Kier molecular flexibility index (Phi) is 3.54. The van der Waals surface area contributed by atoms with Gasteiger partial charge in [0, 0.05) is 23.7 Å². The van der Waals surface area contributed by atoms with Gasteiger partial charge in [0.2, 0.25) is 0 Å². The Bertz CT molecular complexity index is 873. The maximum atomic E-state index is 12.6. The molecule has 2 heterocycles. The summed E-state index contributed by atoms with van der Waals surface area (Å²) in [7, 11) is 0. The molecule has 0 bridgehead atoms. The van der Waals surface area contributed by atoms with Crippen LogP contribution in [-0.4, -0.2) is 21.8 Å². The third-order valence-electron chi connectivity index (χ3n) is 4.24.